The third-order valence-electron chi connectivity index (χ3n) is 7.99. The van der Waals surface area contributed by atoms with Gasteiger partial charge in [-0.2, -0.15) is 0 Å². The van der Waals surface area contributed by atoms with Crippen molar-refractivity contribution in [1.82, 2.24) is 10.2 Å². The van der Waals surface area contributed by atoms with E-state index in [4.69, 9.17) is 4.74 Å². The first kappa shape index (κ1) is 22.1. The molecule has 5 nitrogen and oxygen atoms in total. The molecule has 3 aliphatic rings. The molecule has 2 aromatic carbocycles. The molecule has 1 saturated carbocycles. The van der Waals surface area contributed by atoms with E-state index in [2.05, 4.69) is 53.8 Å². The summed E-state index contributed by atoms with van der Waals surface area (Å²) in [6, 6.07) is 21.1. The highest BCUT2D eigenvalue weighted by molar-refractivity contribution is 5.83. The first-order chi connectivity index (χ1) is 16.2. The summed E-state index contributed by atoms with van der Waals surface area (Å²) in [5.41, 5.74) is 2.68. The molecule has 2 aliphatic heterocycles. The molecule has 1 aliphatic carbocycles. The summed E-state index contributed by atoms with van der Waals surface area (Å²) in [6.07, 6.45) is 4.58. The van der Waals surface area contributed by atoms with Gasteiger partial charge in [-0.25, -0.2) is 0 Å². The van der Waals surface area contributed by atoms with Gasteiger partial charge < -0.3 is 15.0 Å². The average Bonchev–Trinajstić information content (AvgIpc) is 3.28. The van der Waals surface area contributed by atoms with Gasteiger partial charge in [0.25, 0.3) is 0 Å². The maximum atomic E-state index is 12.9. The maximum Gasteiger partial charge on any atom is 0.228 e. The molecule has 2 unspecified atom stereocenters. The average molecular weight is 447 g/mol. The maximum absolute atomic E-state index is 12.9. The number of likely N-dealkylation sites (tertiary alicyclic amines) is 1. The topological polar surface area (TPSA) is 58.6 Å². The van der Waals surface area contributed by atoms with Crippen molar-refractivity contribution >= 4 is 11.8 Å². The number of rotatable bonds is 7. The van der Waals surface area contributed by atoms with E-state index in [1.165, 1.54) is 11.1 Å². The number of nitrogens with zero attached hydrogens (tertiary/aromatic N) is 1. The van der Waals surface area contributed by atoms with Gasteiger partial charge in [-0.15, -0.1) is 0 Å². The van der Waals surface area contributed by atoms with E-state index in [1.54, 1.807) is 0 Å². The van der Waals surface area contributed by atoms with Crippen LogP contribution in [-0.4, -0.2) is 49.6 Å². The molecule has 3 fully saturated rings. The van der Waals surface area contributed by atoms with E-state index in [9.17, 15) is 9.59 Å². The second kappa shape index (κ2) is 9.68. The van der Waals surface area contributed by atoms with Crippen LogP contribution in [-0.2, 0) is 14.3 Å². The van der Waals surface area contributed by atoms with Crippen molar-refractivity contribution in [2.75, 3.05) is 32.8 Å². The largest absolute Gasteiger partial charge is 0.381 e. The van der Waals surface area contributed by atoms with E-state index in [0.717, 1.165) is 45.2 Å². The van der Waals surface area contributed by atoms with E-state index in [1.807, 2.05) is 17.0 Å². The van der Waals surface area contributed by atoms with Crippen molar-refractivity contribution in [2.24, 2.45) is 17.3 Å². The SMILES string of the molecule is O=C(NCCC(c1ccccc1)c1ccccc1)C1CC12CCN(C(=O)C1CCOC1)CC2. The van der Waals surface area contributed by atoms with Crippen molar-refractivity contribution in [3.05, 3.63) is 71.8 Å². The van der Waals surface area contributed by atoms with E-state index < -0.39 is 0 Å². The standard InChI is InChI=1S/C28H34N2O3/c31-26(25-19-28(25)13-16-30(17-14-28)27(32)23-12-18-33-20-23)29-15-11-24(21-7-3-1-4-8-21)22-9-5-2-6-10-22/h1-10,23-25H,11-20H2,(H,29,31). The summed E-state index contributed by atoms with van der Waals surface area (Å²) in [5, 5.41) is 3.23. The number of amides is 2. The highest BCUT2D eigenvalue weighted by atomic mass is 16.5. The van der Waals surface area contributed by atoms with Crippen molar-refractivity contribution in [2.45, 2.75) is 38.0 Å². The van der Waals surface area contributed by atoms with E-state index >= 15 is 0 Å². The molecule has 2 atom stereocenters. The minimum atomic E-state index is 0.0412. The zero-order valence-corrected chi connectivity index (χ0v) is 19.2. The number of piperidine rings is 1. The van der Waals surface area contributed by atoms with Crippen molar-refractivity contribution in [3.63, 3.8) is 0 Å². The van der Waals surface area contributed by atoms with Crippen molar-refractivity contribution in [3.8, 4) is 0 Å². The Bertz CT molecular complexity index is 908. The summed E-state index contributed by atoms with van der Waals surface area (Å²) in [5.74, 6) is 0.862. The lowest BCUT2D eigenvalue weighted by molar-refractivity contribution is -0.137. The fourth-order valence-corrected chi connectivity index (χ4v) is 5.79. The molecule has 2 amide bonds. The number of benzene rings is 2. The first-order valence-electron chi connectivity index (χ1n) is 12.4. The van der Waals surface area contributed by atoms with E-state index in [-0.39, 0.29) is 35.0 Å². The third-order valence-corrected chi connectivity index (χ3v) is 7.99. The van der Waals surface area contributed by atoms with Gasteiger partial charge in [0, 0.05) is 38.1 Å². The normalized spacial score (nSPS) is 23.6. The molecule has 174 valence electrons. The Hall–Kier alpha value is -2.66. The van der Waals surface area contributed by atoms with Gasteiger partial charge in [0.15, 0.2) is 0 Å². The monoisotopic (exact) mass is 446 g/mol. The molecule has 2 saturated heterocycles. The van der Waals surface area contributed by atoms with Crippen molar-refractivity contribution < 1.29 is 14.3 Å². The van der Waals surface area contributed by atoms with Crippen LogP contribution in [0.4, 0.5) is 0 Å². The van der Waals surface area contributed by atoms with Gasteiger partial charge in [0.1, 0.15) is 0 Å². The Morgan fingerprint density at radius 2 is 1.64 bits per heavy atom. The molecule has 1 spiro atoms. The highest BCUT2D eigenvalue weighted by Crippen LogP contribution is 2.59. The quantitative estimate of drug-likeness (QED) is 0.700. The van der Waals surface area contributed by atoms with Gasteiger partial charge in [-0.3, -0.25) is 9.59 Å². The molecular weight excluding hydrogens is 412 g/mol. The summed E-state index contributed by atoms with van der Waals surface area (Å²) < 4.78 is 5.38. The molecule has 0 aromatic heterocycles. The Kier molecular flexibility index (Phi) is 6.50. The van der Waals surface area contributed by atoms with E-state index in [0.29, 0.717) is 19.8 Å². The Labute approximate surface area is 196 Å². The van der Waals surface area contributed by atoms with Crippen LogP contribution in [0.3, 0.4) is 0 Å². The van der Waals surface area contributed by atoms with Crippen LogP contribution in [0.1, 0.15) is 49.1 Å². The lowest BCUT2D eigenvalue weighted by Gasteiger charge is -2.34. The molecule has 0 bridgehead atoms. The minimum Gasteiger partial charge on any atom is -0.381 e. The molecular formula is C28H34N2O3. The van der Waals surface area contributed by atoms with Crippen molar-refractivity contribution in [1.29, 1.82) is 0 Å². The molecule has 0 radical (unpaired) electrons. The fourth-order valence-electron chi connectivity index (χ4n) is 5.79. The Morgan fingerprint density at radius 1 is 1.00 bits per heavy atom. The van der Waals surface area contributed by atoms with Crippen LogP contribution in [0.15, 0.2) is 60.7 Å². The van der Waals surface area contributed by atoms with Gasteiger partial charge in [-0.1, -0.05) is 60.7 Å². The predicted octanol–water partition coefficient (Wildman–Crippen LogP) is 3.99. The predicted molar refractivity (Wildman–Crippen MR) is 128 cm³/mol. The lowest BCUT2D eigenvalue weighted by Crippen LogP contribution is -2.43. The number of hydrogen-bond donors (Lipinski definition) is 1. The summed E-state index contributed by atoms with van der Waals surface area (Å²) >= 11 is 0. The zero-order chi connectivity index (χ0) is 22.7. The molecule has 2 aromatic rings. The van der Waals surface area contributed by atoms with Gasteiger partial charge in [0.2, 0.25) is 11.8 Å². The molecule has 33 heavy (non-hydrogen) atoms. The molecule has 5 heteroatoms. The fraction of sp³-hybridized carbons (Fsp3) is 0.500. The van der Waals surface area contributed by atoms with Gasteiger partial charge >= 0.3 is 0 Å². The summed E-state index contributed by atoms with van der Waals surface area (Å²) in [7, 11) is 0. The zero-order valence-electron chi connectivity index (χ0n) is 19.2. The smallest absolute Gasteiger partial charge is 0.228 e. The summed E-state index contributed by atoms with van der Waals surface area (Å²) in [4.78, 5) is 27.6. The second-order valence-electron chi connectivity index (χ2n) is 9.96. The molecule has 2 heterocycles. The van der Waals surface area contributed by atoms with Crippen LogP contribution in [0.2, 0.25) is 0 Å². The number of nitrogens with one attached hydrogen (secondary N) is 1. The van der Waals surface area contributed by atoms with Crippen LogP contribution in [0.25, 0.3) is 0 Å². The van der Waals surface area contributed by atoms with Crippen LogP contribution in [0.5, 0.6) is 0 Å². The van der Waals surface area contributed by atoms with Gasteiger partial charge in [-0.05, 0) is 48.6 Å². The number of carbonyl (C=O) groups is 2. The second-order valence-corrected chi connectivity index (χ2v) is 9.96. The van der Waals surface area contributed by atoms with Gasteiger partial charge in [0.05, 0.1) is 12.5 Å². The lowest BCUT2D eigenvalue weighted by atomic mass is 9.88. The van der Waals surface area contributed by atoms with Crippen LogP contribution >= 0.6 is 0 Å². The Balaban J connectivity index is 1.12. The van der Waals surface area contributed by atoms with Crippen LogP contribution in [0, 0.1) is 17.3 Å². The Morgan fingerprint density at radius 3 is 2.21 bits per heavy atom. The number of ether oxygens (including phenoxy) is 1. The summed E-state index contributed by atoms with van der Waals surface area (Å²) in [6.45, 7) is 3.50. The highest BCUT2D eigenvalue weighted by Gasteiger charge is 2.58. The molecule has 5 rings (SSSR count). The number of carbonyl (C=O) groups excluding carboxylic acids is 2. The minimum absolute atomic E-state index is 0.0412. The van der Waals surface area contributed by atoms with Crippen LogP contribution < -0.4 is 5.32 Å². The third kappa shape index (κ3) is 4.84. The first-order valence-corrected chi connectivity index (χ1v) is 12.4. The number of hydrogen-bond acceptors (Lipinski definition) is 3. The molecule has 1 N–H and O–H groups in total.